The quantitative estimate of drug-likeness (QED) is 0.142. The van der Waals surface area contributed by atoms with Gasteiger partial charge in [-0.2, -0.15) is 4.98 Å². The van der Waals surface area contributed by atoms with E-state index < -0.39 is 5.97 Å². The maximum atomic E-state index is 13.0. The summed E-state index contributed by atoms with van der Waals surface area (Å²) in [5.74, 6) is -0.431. The summed E-state index contributed by atoms with van der Waals surface area (Å²) in [6.45, 7) is 1.98. The number of aromatic nitrogens is 3. The van der Waals surface area contributed by atoms with Crippen LogP contribution >= 0.6 is 0 Å². The number of para-hydroxylation sites is 3. The lowest BCUT2D eigenvalue weighted by molar-refractivity contribution is -0.136. The van der Waals surface area contributed by atoms with E-state index in [0.717, 1.165) is 28.3 Å². The third-order valence-corrected chi connectivity index (χ3v) is 6.75. The molecule has 0 atom stereocenters. The molecule has 0 aliphatic rings. The van der Waals surface area contributed by atoms with Crippen LogP contribution in [0.3, 0.4) is 0 Å². The molecular weight excluding hydrogens is 526 g/mol. The standard InChI is InChI=1S/C34H29N5O3/c1-4-41-34(40)28(32-37-31-33(42-32)36-30-13-9-8-12-29(30)35-31)22-23-14-16-26(17-15-23)39(25-10-6-5-7-11-25)27-20-18-24(19-21-27)38(2)3/h5-22H,4H2,1-3H3. The number of carbonyl (C=O) groups is 1. The van der Waals surface area contributed by atoms with Crippen molar-refractivity contribution in [1.82, 2.24) is 15.0 Å². The van der Waals surface area contributed by atoms with Gasteiger partial charge >= 0.3 is 5.97 Å². The van der Waals surface area contributed by atoms with E-state index in [4.69, 9.17) is 9.15 Å². The fourth-order valence-corrected chi connectivity index (χ4v) is 4.67. The SMILES string of the molecule is CCOC(=O)C(=Cc1ccc(N(c2ccccc2)c2ccc(N(C)C)cc2)cc1)c1nc2nc3ccccc3nc2o1. The second-order valence-electron chi connectivity index (χ2n) is 9.81. The lowest BCUT2D eigenvalue weighted by atomic mass is 10.1. The summed E-state index contributed by atoms with van der Waals surface area (Å²) in [5.41, 5.74) is 7.09. The number of rotatable bonds is 8. The topological polar surface area (TPSA) is 84.6 Å². The van der Waals surface area contributed by atoms with Crippen molar-refractivity contribution in [1.29, 1.82) is 0 Å². The Kier molecular flexibility index (Phi) is 7.34. The number of hydrogen-bond acceptors (Lipinski definition) is 8. The van der Waals surface area contributed by atoms with Crippen molar-refractivity contribution in [3.63, 3.8) is 0 Å². The van der Waals surface area contributed by atoms with Crippen molar-refractivity contribution in [2.24, 2.45) is 0 Å². The zero-order valence-corrected chi connectivity index (χ0v) is 23.6. The third-order valence-electron chi connectivity index (χ3n) is 6.75. The molecule has 208 valence electrons. The molecule has 0 saturated heterocycles. The van der Waals surface area contributed by atoms with Crippen LogP contribution in [0.15, 0.2) is 108 Å². The second kappa shape index (κ2) is 11.5. The summed E-state index contributed by atoms with van der Waals surface area (Å²) >= 11 is 0. The zero-order valence-electron chi connectivity index (χ0n) is 23.6. The molecule has 42 heavy (non-hydrogen) atoms. The molecule has 0 bridgehead atoms. The highest BCUT2D eigenvalue weighted by Gasteiger charge is 2.22. The number of anilines is 4. The molecule has 0 aliphatic carbocycles. The predicted molar refractivity (Wildman–Crippen MR) is 167 cm³/mol. The molecule has 8 nitrogen and oxygen atoms in total. The van der Waals surface area contributed by atoms with Crippen molar-refractivity contribution in [2.75, 3.05) is 30.5 Å². The maximum Gasteiger partial charge on any atom is 0.343 e. The lowest BCUT2D eigenvalue weighted by Gasteiger charge is -2.26. The van der Waals surface area contributed by atoms with Gasteiger partial charge in [-0.25, -0.2) is 14.8 Å². The van der Waals surface area contributed by atoms with E-state index in [1.54, 1.807) is 13.0 Å². The van der Waals surface area contributed by atoms with Gasteiger partial charge in [-0.3, -0.25) is 0 Å². The molecular formula is C34H29N5O3. The molecule has 6 aromatic rings. The van der Waals surface area contributed by atoms with Gasteiger partial charge in [-0.15, -0.1) is 0 Å². The van der Waals surface area contributed by atoms with Crippen molar-refractivity contribution < 1.29 is 13.9 Å². The van der Waals surface area contributed by atoms with E-state index in [0.29, 0.717) is 16.7 Å². The number of oxazole rings is 1. The van der Waals surface area contributed by atoms with Gasteiger partial charge in [0, 0.05) is 36.8 Å². The molecule has 2 heterocycles. The molecule has 4 aromatic carbocycles. The van der Waals surface area contributed by atoms with Gasteiger partial charge < -0.3 is 19.0 Å². The van der Waals surface area contributed by atoms with E-state index in [2.05, 4.69) is 61.1 Å². The number of esters is 1. The van der Waals surface area contributed by atoms with Crippen molar-refractivity contribution in [3.05, 3.63) is 115 Å². The summed E-state index contributed by atoms with van der Waals surface area (Å²) < 4.78 is 11.3. The predicted octanol–water partition coefficient (Wildman–Crippen LogP) is 7.41. The monoisotopic (exact) mass is 555 g/mol. The average molecular weight is 556 g/mol. The highest BCUT2D eigenvalue weighted by Crippen LogP contribution is 2.35. The molecule has 0 amide bonds. The summed E-state index contributed by atoms with van der Waals surface area (Å²) in [5, 5.41) is 0. The fourth-order valence-electron chi connectivity index (χ4n) is 4.67. The Morgan fingerprint density at radius 3 is 1.95 bits per heavy atom. The third kappa shape index (κ3) is 5.42. The van der Waals surface area contributed by atoms with E-state index in [1.165, 1.54) is 0 Å². The number of benzene rings is 4. The molecule has 0 saturated carbocycles. The molecule has 0 aliphatic heterocycles. The Hall–Kier alpha value is -5.50. The first-order valence-corrected chi connectivity index (χ1v) is 13.7. The first kappa shape index (κ1) is 26.7. The van der Waals surface area contributed by atoms with Crippen LogP contribution in [0.2, 0.25) is 0 Å². The Labute approximate surface area is 243 Å². The molecule has 0 N–H and O–H groups in total. The first-order chi connectivity index (χ1) is 20.5. The van der Waals surface area contributed by atoms with E-state index in [1.807, 2.05) is 80.8 Å². The second-order valence-corrected chi connectivity index (χ2v) is 9.81. The van der Waals surface area contributed by atoms with Crippen LogP contribution in [0.4, 0.5) is 22.7 Å². The smallest absolute Gasteiger partial charge is 0.343 e. The van der Waals surface area contributed by atoms with Crippen LogP contribution in [0.25, 0.3) is 34.0 Å². The molecule has 8 heteroatoms. The van der Waals surface area contributed by atoms with E-state index in [9.17, 15) is 4.79 Å². The highest BCUT2D eigenvalue weighted by molar-refractivity contribution is 6.20. The summed E-state index contributed by atoms with van der Waals surface area (Å²) in [6.07, 6.45) is 1.71. The van der Waals surface area contributed by atoms with Gasteiger partial charge in [0.15, 0.2) is 0 Å². The van der Waals surface area contributed by atoms with E-state index in [-0.39, 0.29) is 23.8 Å². The van der Waals surface area contributed by atoms with Gasteiger partial charge in [-0.05, 0) is 79.2 Å². The maximum absolute atomic E-state index is 13.0. The van der Waals surface area contributed by atoms with Crippen LogP contribution in [0.1, 0.15) is 18.4 Å². The Balaban J connectivity index is 1.38. The van der Waals surface area contributed by atoms with Crippen LogP contribution in [0.5, 0.6) is 0 Å². The summed E-state index contributed by atoms with van der Waals surface area (Å²) in [6, 6.07) is 34.0. The van der Waals surface area contributed by atoms with Gasteiger partial charge in [-0.1, -0.05) is 42.5 Å². The minimum atomic E-state index is -0.537. The van der Waals surface area contributed by atoms with Crippen molar-refractivity contribution in [2.45, 2.75) is 6.92 Å². The minimum absolute atomic E-state index is 0.106. The zero-order chi connectivity index (χ0) is 29.1. The number of hydrogen-bond donors (Lipinski definition) is 0. The normalized spacial score (nSPS) is 11.5. The van der Waals surface area contributed by atoms with Gasteiger partial charge in [0.25, 0.3) is 5.71 Å². The van der Waals surface area contributed by atoms with Crippen LogP contribution in [0, 0.1) is 0 Å². The first-order valence-electron chi connectivity index (χ1n) is 13.7. The number of ether oxygens (including phenoxy) is 1. The Morgan fingerprint density at radius 1 is 0.738 bits per heavy atom. The molecule has 2 aromatic heterocycles. The number of fused-ring (bicyclic) bond motifs is 2. The minimum Gasteiger partial charge on any atom is -0.462 e. The van der Waals surface area contributed by atoms with Crippen molar-refractivity contribution in [3.8, 4) is 0 Å². The van der Waals surface area contributed by atoms with Crippen LogP contribution < -0.4 is 9.80 Å². The average Bonchev–Trinajstić information content (AvgIpc) is 3.43. The van der Waals surface area contributed by atoms with Gasteiger partial charge in [0.2, 0.25) is 11.5 Å². The van der Waals surface area contributed by atoms with E-state index >= 15 is 0 Å². The number of carbonyl (C=O) groups excluding carboxylic acids is 1. The summed E-state index contributed by atoms with van der Waals surface area (Å²) in [7, 11) is 4.05. The molecule has 0 spiro atoms. The highest BCUT2D eigenvalue weighted by atomic mass is 16.5. The van der Waals surface area contributed by atoms with Crippen molar-refractivity contribution >= 4 is 62.8 Å². The Morgan fingerprint density at radius 2 is 1.31 bits per heavy atom. The summed E-state index contributed by atoms with van der Waals surface area (Å²) in [4.78, 5) is 30.8. The fraction of sp³-hybridized carbons (Fsp3) is 0.118. The van der Waals surface area contributed by atoms with Crippen LogP contribution in [-0.2, 0) is 9.53 Å². The molecule has 6 rings (SSSR count). The molecule has 0 radical (unpaired) electrons. The van der Waals surface area contributed by atoms with Gasteiger partial charge in [0.1, 0.15) is 5.57 Å². The van der Waals surface area contributed by atoms with Gasteiger partial charge in [0.05, 0.1) is 17.6 Å². The number of nitrogens with zero attached hydrogens (tertiary/aromatic N) is 5. The lowest BCUT2D eigenvalue weighted by Crippen LogP contribution is -2.11. The Bertz CT molecular complexity index is 1830. The largest absolute Gasteiger partial charge is 0.462 e. The molecule has 0 fully saturated rings. The van der Waals surface area contributed by atoms with Crippen LogP contribution in [-0.4, -0.2) is 41.6 Å². The molecule has 0 unspecified atom stereocenters.